The summed E-state index contributed by atoms with van der Waals surface area (Å²) in [5, 5.41) is 0.991. The van der Waals surface area contributed by atoms with Crippen LogP contribution >= 0.6 is 11.5 Å². The highest BCUT2D eigenvalue weighted by atomic mass is 32.1. The molecule has 1 atom stereocenters. The number of aromatic nitrogens is 3. The molecule has 2 aromatic heterocycles. The highest BCUT2D eigenvalue weighted by molar-refractivity contribution is 7.09. The van der Waals surface area contributed by atoms with Crippen molar-refractivity contribution < 1.29 is 4.74 Å². The van der Waals surface area contributed by atoms with Crippen LogP contribution in [-0.4, -0.2) is 33.5 Å². The summed E-state index contributed by atoms with van der Waals surface area (Å²) in [7, 11) is 0. The van der Waals surface area contributed by atoms with E-state index >= 15 is 0 Å². The second-order valence-electron chi connectivity index (χ2n) is 4.29. The Bertz CT molecular complexity index is 516. The standard InChI is InChI=1S/C12H14N4OS/c1-9-14-12(18-15-9)16-6-4-11(8-16)17-10-3-2-5-13-7-10/h2-3,5,7,11H,4,6,8H2,1H3. The molecule has 6 heteroatoms. The van der Waals surface area contributed by atoms with Crippen molar-refractivity contribution in [3.8, 4) is 5.75 Å². The lowest BCUT2D eigenvalue weighted by Crippen LogP contribution is -2.24. The van der Waals surface area contributed by atoms with Gasteiger partial charge in [0.25, 0.3) is 0 Å². The molecule has 1 unspecified atom stereocenters. The molecule has 0 N–H and O–H groups in total. The summed E-state index contributed by atoms with van der Waals surface area (Å²) in [5.74, 6) is 1.67. The van der Waals surface area contributed by atoms with Crippen LogP contribution in [0.4, 0.5) is 5.13 Å². The Labute approximate surface area is 110 Å². The van der Waals surface area contributed by atoms with Gasteiger partial charge in [0.05, 0.1) is 12.7 Å². The third-order valence-electron chi connectivity index (χ3n) is 2.87. The largest absolute Gasteiger partial charge is 0.487 e. The Morgan fingerprint density at radius 2 is 2.44 bits per heavy atom. The topological polar surface area (TPSA) is 51.1 Å². The maximum atomic E-state index is 5.89. The lowest BCUT2D eigenvalue weighted by molar-refractivity contribution is 0.224. The van der Waals surface area contributed by atoms with Gasteiger partial charge in [-0.15, -0.1) is 0 Å². The zero-order valence-corrected chi connectivity index (χ0v) is 10.9. The molecule has 0 aliphatic carbocycles. The van der Waals surface area contributed by atoms with Crippen LogP contribution in [0.2, 0.25) is 0 Å². The van der Waals surface area contributed by atoms with E-state index in [1.807, 2.05) is 19.1 Å². The van der Waals surface area contributed by atoms with Crippen molar-refractivity contribution in [2.24, 2.45) is 0 Å². The molecule has 1 saturated heterocycles. The minimum Gasteiger partial charge on any atom is -0.487 e. The molecule has 1 aliphatic rings. The number of ether oxygens (including phenoxy) is 1. The summed E-state index contributed by atoms with van der Waals surface area (Å²) in [6.07, 6.45) is 4.71. The molecule has 0 amide bonds. The van der Waals surface area contributed by atoms with Gasteiger partial charge in [-0.2, -0.15) is 4.37 Å². The van der Waals surface area contributed by atoms with Gasteiger partial charge in [-0.1, -0.05) is 0 Å². The Morgan fingerprint density at radius 1 is 1.50 bits per heavy atom. The van der Waals surface area contributed by atoms with Crippen molar-refractivity contribution in [1.29, 1.82) is 0 Å². The van der Waals surface area contributed by atoms with Gasteiger partial charge in [0, 0.05) is 30.7 Å². The molecule has 1 fully saturated rings. The van der Waals surface area contributed by atoms with Crippen LogP contribution in [0, 0.1) is 6.92 Å². The zero-order chi connectivity index (χ0) is 12.4. The summed E-state index contributed by atoms with van der Waals surface area (Å²) in [4.78, 5) is 10.7. The third kappa shape index (κ3) is 2.43. The van der Waals surface area contributed by atoms with Crippen molar-refractivity contribution in [3.05, 3.63) is 30.4 Å². The predicted molar refractivity (Wildman–Crippen MR) is 70.1 cm³/mol. The second kappa shape index (κ2) is 4.89. The number of rotatable bonds is 3. The number of anilines is 1. The molecule has 5 nitrogen and oxygen atoms in total. The van der Waals surface area contributed by atoms with Gasteiger partial charge in [-0.3, -0.25) is 4.98 Å². The lowest BCUT2D eigenvalue weighted by atomic mass is 10.3. The van der Waals surface area contributed by atoms with Crippen molar-refractivity contribution in [3.63, 3.8) is 0 Å². The minimum atomic E-state index is 0.207. The van der Waals surface area contributed by atoms with Gasteiger partial charge in [0.2, 0.25) is 5.13 Å². The molecule has 0 radical (unpaired) electrons. The van der Waals surface area contributed by atoms with E-state index in [1.165, 1.54) is 11.5 Å². The molecule has 0 aromatic carbocycles. The fourth-order valence-corrected chi connectivity index (χ4v) is 2.73. The minimum absolute atomic E-state index is 0.207. The molecule has 18 heavy (non-hydrogen) atoms. The monoisotopic (exact) mass is 262 g/mol. The van der Waals surface area contributed by atoms with E-state index in [-0.39, 0.29) is 6.10 Å². The zero-order valence-electron chi connectivity index (χ0n) is 10.1. The molecule has 3 rings (SSSR count). The lowest BCUT2D eigenvalue weighted by Gasteiger charge is -2.15. The first-order chi connectivity index (χ1) is 8.81. The maximum absolute atomic E-state index is 5.89. The SMILES string of the molecule is Cc1nsc(N2CCC(Oc3cccnc3)C2)n1. The van der Waals surface area contributed by atoms with E-state index in [0.29, 0.717) is 0 Å². The van der Waals surface area contributed by atoms with Gasteiger partial charge in [-0.25, -0.2) is 4.98 Å². The van der Waals surface area contributed by atoms with Crippen LogP contribution in [0.25, 0.3) is 0 Å². The quantitative estimate of drug-likeness (QED) is 0.845. The summed E-state index contributed by atoms with van der Waals surface area (Å²) < 4.78 is 10.1. The molecule has 0 saturated carbocycles. The van der Waals surface area contributed by atoms with Crippen LogP contribution in [0.3, 0.4) is 0 Å². The van der Waals surface area contributed by atoms with Gasteiger partial charge < -0.3 is 9.64 Å². The molecule has 1 aliphatic heterocycles. The van der Waals surface area contributed by atoms with Crippen LogP contribution in [-0.2, 0) is 0 Å². The summed E-state index contributed by atoms with van der Waals surface area (Å²) in [5.41, 5.74) is 0. The second-order valence-corrected chi connectivity index (χ2v) is 5.02. The van der Waals surface area contributed by atoms with E-state index in [4.69, 9.17) is 4.74 Å². The van der Waals surface area contributed by atoms with Crippen LogP contribution in [0.15, 0.2) is 24.5 Å². The highest BCUT2D eigenvalue weighted by Crippen LogP contribution is 2.24. The van der Waals surface area contributed by atoms with Crippen LogP contribution in [0.1, 0.15) is 12.2 Å². The normalized spacial score (nSPS) is 19.2. The van der Waals surface area contributed by atoms with Gasteiger partial charge >= 0.3 is 0 Å². The van der Waals surface area contributed by atoms with Crippen molar-refractivity contribution in [1.82, 2.24) is 14.3 Å². The Kier molecular flexibility index (Phi) is 3.10. The van der Waals surface area contributed by atoms with Crippen LogP contribution < -0.4 is 9.64 Å². The Hall–Kier alpha value is -1.69. The van der Waals surface area contributed by atoms with Crippen LogP contribution in [0.5, 0.6) is 5.75 Å². The average Bonchev–Trinajstić information content (AvgIpc) is 2.99. The predicted octanol–water partition coefficient (Wildman–Crippen LogP) is 1.90. The van der Waals surface area contributed by atoms with Gasteiger partial charge in [-0.05, 0) is 19.1 Å². The molecule has 0 spiro atoms. The molecule has 0 bridgehead atoms. The highest BCUT2D eigenvalue weighted by Gasteiger charge is 2.26. The van der Waals surface area contributed by atoms with Gasteiger partial charge in [0.1, 0.15) is 17.7 Å². The first-order valence-corrected chi connectivity index (χ1v) is 6.70. The Balaban J connectivity index is 1.62. The fourth-order valence-electron chi connectivity index (χ4n) is 2.02. The molecule has 94 valence electrons. The number of hydrogen-bond donors (Lipinski definition) is 0. The molecule has 3 heterocycles. The van der Waals surface area contributed by atoms with E-state index in [0.717, 1.165) is 36.2 Å². The van der Waals surface area contributed by atoms with Crippen molar-refractivity contribution in [2.75, 3.05) is 18.0 Å². The first kappa shape index (κ1) is 11.4. The van der Waals surface area contributed by atoms with E-state index in [1.54, 1.807) is 12.4 Å². The van der Waals surface area contributed by atoms with Gasteiger partial charge in [0.15, 0.2) is 0 Å². The summed E-state index contributed by atoms with van der Waals surface area (Å²) in [6.45, 7) is 3.75. The van der Waals surface area contributed by atoms with E-state index in [2.05, 4.69) is 19.2 Å². The molecular weight excluding hydrogens is 248 g/mol. The number of pyridine rings is 1. The number of hydrogen-bond acceptors (Lipinski definition) is 6. The third-order valence-corrected chi connectivity index (χ3v) is 3.74. The smallest absolute Gasteiger partial charge is 0.205 e. The van der Waals surface area contributed by atoms with Crippen molar-refractivity contribution >= 4 is 16.7 Å². The number of aryl methyl sites for hydroxylation is 1. The molecular formula is C12H14N4OS. The Morgan fingerprint density at radius 3 is 3.17 bits per heavy atom. The van der Waals surface area contributed by atoms with E-state index in [9.17, 15) is 0 Å². The first-order valence-electron chi connectivity index (χ1n) is 5.93. The maximum Gasteiger partial charge on any atom is 0.205 e. The summed E-state index contributed by atoms with van der Waals surface area (Å²) in [6, 6.07) is 3.82. The summed E-state index contributed by atoms with van der Waals surface area (Å²) >= 11 is 1.45. The average molecular weight is 262 g/mol. The van der Waals surface area contributed by atoms with E-state index < -0.39 is 0 Å². The molecule has 2 aromatic rings. The fraction of sp³-hybridized carbons (Fsp3) is 0.417. The van der Waals surface area contributed by atoms with Crippen molar-refractivity contribution in [2.45, 2.75) is 19.4 Å². The number of nitrogens with zero attached hydrogens (tertiary/aromatic N) is 4.